The fourth-order valence-corrected chi connectivity index (χ4v) is 3.36. The first-order chi connectivity index (χ1) is 10.6. The first kappa shape index (κ1) is 14.8. The Morgan fingerprint density at radius 3 is 2.95 bits per heavy atom. The summed E-state index contributed by atoms with van der Waals surface area (Å²) in [5.74, 6) is 0.626. The standard InChI is InChI=1S/C17H17NO3S/c1-11(16-6-3-9-22-16)18-17(20)10-21-15-5-2-4-12-13(15)7-8-14(12)19/h2-6,9,11H,7-8,10H2,1H3,(H,18,20)/t11-/m1/s1. The predicted molar refractivity (Wildman–Crippen MR) is 85.5 cm³/mol. The summed E-state index contributed by atoms with van der Waals surface area (Å²) in [6, 6.07) is 9.35. The van der Waals surface area contributed by atoms with Crippen LogP contribution in [0, 0.1) is 0 Å². The molecule has 0 radical (unpaired) electrons. The van der Waals surface area contributed by atoms with Gasteiger partial charge in [-0.2, -0.15) is 0 Å². The third-order valence-corrected chi connectivity index (χ3v) is 4.80. The molecule has 0 fully saturated rings. The number of nitrogens with one attached hydrogen (secondary N) is 1. The van der Waals surface area contributed by atoms with Gasteiger partial charge in [-0.15, -0.1) is 11.3 Å². The van der Waals surface area contributed by atoms with Crippen molar-refractivity contribution in [3.05, 3.63) is 51.7 Å². The minimum atomic E-state index is -0.164. The Kier molecular flexibility index (Phi) is 4.24. The molecule has 1 aliphatic rings. The van der Waals surface area contributed by atoms with Crippen molar-refractivity contribution in [2.75, 3.05) is 6.61 Å². The number of hydrogen-bond acceptors (Lipinski definition) is 4. The average Bonchev–Trinajstić information content (AvgIpc) is 3.16. The molecule has 0 aliphatic heterocycles. The molecule has 1 atom stereocenters. The van der Waals surface area contributed by atoms with Crippen molar-refractivity contribution in [3.8, 4) is 5.75 Å². The zero-order valence-electron chi connectivity index (χ0n) is 12.3. The first-order valence-corrected chi connectivity index (χ1v) is 8.14. The highest BCUT2D eigenvalue weighted by molar-refractivity contribution is 7.10. The van der Waals surface area contributed by atoms with Gasteiger partial charge in [0.05, 0.1) is 6.04 Å². The van der Waals surface area contributed by atoms with Gasteiger partial charge in [0, 0.05) is 22.4 Å². The first-order valence-electron chi connectivity index (χ1n) is 7.26. The molecule has 0 spiro atoms. The van der Waals surface area contributed by atoms with Crippen molar-refractivity contribution < 1.29 is 14.3 Å². The van der Waals surface area contributed by atoms with Gasteiger partial charge in [0.15, 0.2) is 12.4 Å². The summed E-state index contributed by atoms with van der Waals surface area (Å²) in [5.41, 5.74) is 1.65. The van der Waals surface area contributed by atoms with E-state index in [2.05, 4.69) is 5.32 Å². The normalized spacial score (nSPS) is 14.5. The maximum atomic E-state index is 12.0. The van der Waals surface area contributed by atoms with E-state index in [0.29, 0.717) is 18.6 Å². The third kappa shape index (κ3) is 3.04. The van der Waals surface area contributed by atoms with Crippen molar-refractivity contribution in [1.82, 2.24) is 5.32 Å². The highest BCUT2D eigenvalue weighted by atomic mass is 32.1. The molecule has 114 valence electrons. The monoisotopic (exact) mass is 315 g/mol. The van der Waals surface area contributed by atoms with Crippen molar-refractivity contribution >= 4 is 23.0 Å². The maximum absolute atomic E-state index is 12.0. The summed E-state index contributed by atoms with van der Waals surface area (Å²) >= 11 is 1.61. The lowest BCUT2D eigenvalue weighted by Crippen LogP contribution is -2.31. The Balaban J connectivity index is 1.59. The van der Waals surface area contributed by atoms with Crippen LogP contribution in [0.2, 0.25) is 0 Å². The number of fused-ring (bicyclic) bond motifs is 1. The number of carbonyl (C=O) groups excluding carboxylic acids is 2. The number of Topliss-reactive ketones (excluding diaryl/α,β-unsaturated/α-hetero) is 1. The second kappa shape index (κ2) is 6.32. The number of hydrogen-bond donors (Lipinski definition) is 1. The Hall–Kier alpha value is -2.14. The molecule has 0 unspecified atom stereocenters. The molecular formula is C17H17NO3S. The SMILES string of the molecule is C[C@@H](NC(=O)COc1cccc2c1CCC2=O)c1cccs1. The number of benzene rings is 1. The van der Waals surface area contributed by atoms with E-state index in [-0.39, 0.29) is 24.3 Å². The van der Waals surface area contributed by atoms with E-state index in [1.165, 1.54) is 0 Å². The van der Waals surface area contributed by atoms with Gasteiger partial charge >= 0.3 is 0 Å². The maximum Gasteiger partial charge on any atom is 0.258 e. The average molecular weight is 315 g/mol. The lowest BCUT2D eigenvalue weighted by molar-refractivity contribution is -0.123. The van der Waals surface area contributed by atoms with E-state index in [1.807, 2.05) is 36.6 Å². The third-order valence-electron chi connectivity index (χ3n) is 3.74. The van der Waals surface area contributed by atoms with Crippen molar-refractivity contribution in [3.63, 3.8) is 0 Å². The molecule has 1 amide bonds. The fraction of sp³-hybridized carbons (Fsp3) is 0.294. The topological polar surface area (TPSA) is 55.4 Å². The van der Waals surface area contributed by atoms with Crippen LogP contribution < -0.4 is 10.1 Å². The molecule has 0 bridgehead atoms. The van der Waals surface area contributed by atoms with E-state index in [0.717, 1.165) is 16.0 Å². The summed E-state index contributed by atoms with van der Waals surface area (Å²) in [5, 5.41) is 4.89. The van der Waals surface area contributed by atoms with Crippen LogP contribution in [0.1, 0.15) is 40.2 Å². The Labute approximate surface area is 133 Å². The molecule has 1 aromatic carbocycles. The number of ether oxygens (including phenoxy) is 1. The van der Waals surface area contributed by atoms with Gasteiger partial charge < -0.3 is 10.1 Å². The van der Waals surface area contributed by atoms with Crippen molar-refractivity contribution in [2.45, 2.75) is 25.8 Å². The van der Waals surface area contributed by atoms with Gasteiger partial charge in [-0.1, -0.05) is 18.2 Å². The van der Waals surface area contributed by atoms with Crippen LogP contribution in [-0.4, -0.2) is 18.3 Å². The van der Waals surface area contributed by atoms with Crippen molar-refractivity contribution in [2.24, 2.45) is 0 Å². The molecule has 3 rings (SSSR count). The number of rotatable bonds is 5. The summed E-state index contributed by atoms with van der Waals surface area (Å²) in [6.07, 6.45) is 1.22. The number of carbonyl (C=O) groups is 2. The lowest BCUT2D eigenvalue weighted by atomic mass is 10.1. The quantitative estimate of drug-likeness (QED) is 0.922. The molecule has 2 aromatic rings. The van der Waals surface area contributed by atoms with Crippen LogP contribution in [-0.2, 0) is 11.2 Å². The van der Waals surface area contributed by atoms with Gasteiger partial charge in [-0.3, -0.25) is 9.59 Å². The Morgan fingerprint density at radius 2 is 2.18 bits per heavy atom. The molecule has 1 aromatic heterocycles. The zero-order chi connectivity index (χ0) is 15.5. The van der Waals surface area contributed by atoms with Crippen LogP contribution >= 0.6 is 11.3 Å². The van der Waals surface area contributed by atoms with Gasteiger partial charge in [0.1, 0.15) is 5.75 Å². The molecule has 0 saturated heterocycles. The van der Waals surface area contributed by atoms with Crippen LogP contribution in [0.3, 0.4) is 0 Å². The van der Waals surface area contributed by atoms with E-state index in [1.54, 1.807) is 17.4 Å². The van der Waals surface area contributed by atoms with Crippen LogP contribution in [0.4, 0.5) is 0 Å². The van der Waals surface area contributed by atoms with Crippen LogP contribution in [0.15, 0.2) is 35.7 Å². The minimum absolute atomic E-state index is 0.0285. The molecule has 22 heavy (non-hydrogen) atoms. The van der Waals surface area contributed by atoms with E-state index in [4.69, 9.17) is 4.74 Å². The van der Waals surface area contributed by atoms with Crippen molar-refractivity contribution in [1.29, 1.82) is 0 Å². The Morgan fingerprint density at radius 1 is 1.32 bits per heavy atom. The smallest absolute Gasteiger partial charge is 0.258 e. The van der Waals surface area contributed by atoms with E-state index >= 15 is 0 Å². The number of amides is 1. The van der Waals surface area contributed by atoms with Gasteiger partial charge in [-0.25, -0.2) is 0 Å². The summed E-state index contributed by atoms with van der Waals surface area (Å²) in [7, 11) is 0. The molecule has 0 saturated carbocycles. The van der Waals surface area contributed by atoms with Crippen LogP contribution in [0.5, 0.6) is 5.75 Å². The molecule has 4 nitrogen and oxygen atoms in total. The molecule has 1 heterocycles. The molecular weight excluding hydrogens is 298 g/mol. The minimum Gasteiger partial charge on any atom is -0.483 e. The number of ketones is 1. The van der Waals surface area contributed by atoms with Gasteiger partial charge in [0.25, 0.3) is 5.91 Å². The second-order valence-electron chi connectivity index (χ2n) is 5.30. The van der Waals surface area contributed by atoms with Gasteiger partial charge in [-0.05, 0) is 30.9 Å². The predicted octanol–water partition coefficient (Wildman–Crippen LogP) is 3.13. The zero-order valence-corrected chi connectivity index (χ0v) is 13.1. The second-order valence-corrected chi connectivity index (χ2v) is 6.28. The van der Waals surface area contributed by atoms with Crippen LogP contribution in [0.25, 0.3) is 0 Å². The summed E-state index contributed by atoms with van der Waals surface area (Å²) < 4.78 is 5.62. The largest absolute Gasteiger partial charge is 0.483 e. The fourth-order valence-electron chi connectivity index (χ4n) is 2.63. The summed E-state index contributed by atoms with van der Waals surface area (Å²) in [4.78, 5) is 24.8. The number of thiophene rings is 1. The van der Waals surface area contributed by atoms with Gasteiger partial charge in [0.2, 0.25) is 0 Å². The highest BCUT2D eigenvalue weighted by Gasteiger charge is 2.23. The van der Waals surface area contributed by atoms with E-state index in [9.17, 15) is 9.59 Å². The molecule has 1 N–H and O–H groups in total. The molecule has 1 aliphatic carbocycles. The highest BCUT2D eigenvalue weighted by Crippen LogP contribution is 2.30. The van der Waals surface area contributed by atoms with E-state index < -0.39 is 0 Å². The molecule has 5 heteroatoms. The Bertz CT molecular complexity index is 694. The lowest BCUT2D eigenvalue weighted by Gasteiger charge is -2.14. The summed E-state index contributed by atoms with van der Waals surface area (Å²) in [6.45, 7) is 1.91.